The Morgan fingerprint density at radius 2 is 1.54 bits per heavy atom. The first-order valence-corrected chi connectivity index (χ1v) is 7.48. The standard InChI is InChI=1S/C19H12N2O3/c1-11-18(21(23)24)15(12-7-3-2-4-8-12)16-17(20-11)13-9-5-6-10-14(13)19(16)22/h2-10H,1H3. The van der Waals surface area contributed by atoms with Gasteiger partial charge >= 0.3 is 0 Å². The Labute approximate surface area is 137 Å². The van der Waals surface area contributed by atoms with Gasteiger partial charge in [-0.05, 0) is 12.5 Å². The summed E-state index contributed by atoms with van der Waals surface area (Å²) >= 11 is 0. The minimum Gasteiger partial charge on any atom is -0.288 e. The van der Waals surface area contributed by atoms with Crippen LogP contribution in [0.3, 0.4) is 0 Å². The van der Waals surface area contributed by atoms with Crippen molar-refractivity contribution in [1.82, 2.24) is 4.98 Å². The molecule has 0 unspecified atom stereocenters. The molecule has 5 heteroatoms. The molecule has 1 heterocycles. The number of aryl methyl sites for hydroxylation is 1. The molecule has 1 aliphatic carbocycles. The van der Waals surface area contributed by atoms with E-state index in [-0.39, 0.29) is 11.5 Å². The average molecular weight is 316 g/mol. The molecule has 24 heavy (non-hydrogen) atoms. The number of fused-ring (bicyclic) bond motifs is 3. The topological polar surface area (TPSA) is 73.1 Å². The van der Waals surface area contributed by atoms with Crippen LogP contribution in [-0.4, -0.2) is 15.7 Å². The highest BCUT2D eigenvalue weighted by Crippen LogP contribution is 2.45. The minimum absolute atomic E-state index is 0.110. The second-order valence-electron chi connectivity index (χ2n) is 5.64. The number of ketones is 1. The predicted molar refractivity (Wildman–Crippen MR) is 89.9 cm³/mol. The maximum atomic E-state index is 12.9. The third kappa shape index (κ3) is 1.88. The van der Waals surface area contributed by atoms with Crippen molar-refractivity contribution in [3.63, 3.8) is 0 Å². The zero-order chi connectivity index (χ0) is 16.8. The van der Waals surface area contributed by atoms with Gasteiger partial charge in [-0.1, -0.05) is 54.6 Å². The Morgan fingerprint density at radius 1 is 0.917 bits per heavy atom. The van der Waals surface area contributed by atoms with Crippen molar-refractivity contribution in [2.75, 3.05) is 0 Å². The molecule has 3 aromatic rings. The lowest BCUT2D eigenvalue weighted by atomic mass is 9.95. The van der Waals surface area contributed by atoms with Crippen molar-refractivity contribution < 1.29 is 9.72 Å². The van der Waals surface area contributed by atoms with E-state index < -0.39 is 4.92 Å². The molecular formula is C19H12N2O3. The van der Waals surface area contributed by atoms with Gasteiger partial charge in [-0.25, -0.2) is 4.98 Å². The third-order valence-electron chi connectivity index (χ3n) is 4.24. The van der Waals surface area contributed by atoms with Crippen molar-refractivity contribution in [2.45, 2.75) is 6.92 Å². The van der Waals surface area contributed by atoms with Crippen LogP contribution in [0.25, 0.3) is 22.4 Å². The number of rotatable bonds is 2. The van der Waals surface area contributed by atoms with Gasteiger partial charge in [0.2, 0.25) is 0 Å². The largest absolute Gasteiger partial charge is 0.298 e. The van der Waals surface area contributed by atoms with E-state index in [1.165, 1.54) is 0 Å². The van der Waals surface area contributed by atoms with Crippen LogP contribution in [0.1, 0.15) is 21.6 Å². The Bertz CT molecular complexity index is 1010. The molecule has 4 rings (SSSR count). The van der Waals surface area contributed by atoms with Crippen LogP contribution in [0.2, 0.25) is 0 Å². The van der Waals surface area contributed by atoms with Crippen molar-refractivity contribution in [1.29, 1.82) is 0 Å². The number of nitrogens with zero attached hydrogens (tertiary/aromatic N) is 2. The first-order valence-electron chi connectivity index (χ1n) is 7.48. The zero-order valence-corrected chi connectivity index (χ0v) is 12.8. The smallest absolute Gasteiger partial charge is 0.288 e. The molecule has 5 nitrogen and oxygen atoms in total. The first-order chi connectivity index (χ1) is 11.6. The van der Waals surface area contributed by atoms with Crippen molar-refractivity contribution in [3.8, 4) is 22.4 Å². The van der Waals surface area contributed by atoms with Crippen LogP contribution in [-0.2, 0) is 0 Å². The van der Waals surface area contributed by atoms with Gasteiger partial charge in [0.05, 0.1) is 21.7 Å². The summed E-state index contributed by atoms with van der Waals surface area (Å²) in [5.41, 5.74) is 3.31. The number of carbonyl (C=O) groups excluding carboxylic acids is 1. The second kappa shape index (κ2) is 5.09. The molecule has 0 atom stereocenters. The van der Waals surface area contributed by atoms with E-state index in [2.05, 4.69) is 4.98 Å². The lowest BCUT2D eigenvalue weighted by molar-refractivity contribution is -0.385. The molecule has 1 aromatic heterocycles. The Hall–Kier alpha value is -3.34. The van der Waals surface area contributed by atoms with Crippen molar-refractivity contribution in [3.05, 3.63) is 81.5 Å². The number of hydrogen-bond acceptors (Lipinski definition) is 4. The summed E-state index contributed by atoms with van der Waals surface area (Å²) < 4.78 is 0. The lowest BCUT2D eigenvalue weighted by Gasteiger charge is -2.10. The number of aromatic nitrogens is 1. The average Bonchev–Trinajstić information content (AvgIpc) is 2.87. The molecule has 0 saturated heterocycles. The molecule has 0 aliphatic heterocycles. The van der Waals surface area contributed by atoms with Gasteiger partial charge in [-0.3, -0.25) is 14.9 Å². The lowest BCUT2D eigenvalue weighted by Crippen LogP contribution is -2.05. The van der Waals surface area contributed by atoms with E-state index in [1.54, 1.807) is 43.3 Å². The summed E-state index contributed by atoms with van der Waals surface area (Å²) in [6.07, 6.45) is 0. The molecule has 0 N–H and O–H groups in total. The zero-order valence-electron chi connectivity index (χ0n) is 12.8. The summed E-state index contributed by atoms with van der Waals surface area (Å²) in [5, 5.41) is 11.6. The maximum absolute atomic E-state index is 12.9. The van der Waals surface area contributed by atoms with E-state index >= 15 is 0 Å². The summed E-state index contributed by atoms with van der Waals surface area (Å²) in [5.74, 6) is -0.213. The Balaban J connectivity index is 2.15. The SMILES string of the molecule is Cc1nc2c(c(-c3ccccc3)c1[N+](=O)[O-])C(=O)c1ccccc1-2. The maximum Gasteiger partial charge on any atom is 0.298 e. The van der Waals surface area contributed by atoms with Crippen LogP contribution in [0.15, 0.2) is 54.6 Å². The summed E-state index contributed by atoms with van der Waals surface area (Å²) in [6.45, 7) is 1.61. The van der Waals surface area contributed by atoms with E-state index in [4.69, 9.17) is 0 Å². The van der Waals surface area contributed by atoms with Gasteiger partial charge in [-0.2, -0.15) is 0 Å². The van der Waals surface area contributed by atoms with E-state index in [1.807, 2.05) is 18.2 Å². The number of carbonyl (C=O) groups is 1. The summed E-state index contributed by atoms with van der Waals surface area (Å²) in [4.78, 5) is 28.5. The quantitative estimate of drug-likeness (QED) is 0.411. The fourth-order valence-corrected chi connectivity index (χ4v) is 3.24. The summed E-state index contributed by atoms with van der Waals surface area (Å²) in [7, 11) is 0. The van der Waals surface area contributed by atoms with Crippen LogP contribution in [0, 0.1) is 17.0 Å². The number of hydrogen-bond donors (Lipinski definition) is 0. The van der Waals surface area contributed by atoms with Gasteiger partial charge < -0.3 is 0 Å². The highest BCUT2D eigenvalue weighted by Gasteiger charge is 2.36. The molecule has 116 valence electrons. The van der Waals surface area contributed by atoms with Gasteiger partial charge in [0.1, 0.15) is 5.69 Å². The van der Waals surface area contributed by atoms with Gasteiger partial charge in [0.25, 0.3) is 5.69 Å². The second-order valence-corrected chi connectivity index (χ2v) is 5.64. The molecule has 0 fully saturated rings. The highest BCUT2D eigenvalue weighted by molar-refractivity contribution is 6.24. The molecule has 0 bridgehead atoms. The Kier molecular flexibility index (Phi) is 3.03. The third-order valence-corrected chi connectivity index (χ3v) is 4.24. The molecule has 0 radical (unpaired) electrons. The van der Waals surface area contributed by atoms with E-state index in [9.17, 15) is 14.9 Å². The monoisotopic (exact) mass is 316 g/mol. The predicted octanol–water partition coefficient (Wildman–Crippen LogP) is 4.18. The molecular weight excluding hydrogens is 304 g/mol. The van der Waals surface area contributed by atoms with Crippen LogP contribution in [0.5, 0.6) is 0 Å². The molecule has 1 aliphatic rings. The van der Waals surface area contributed by atoms with E-state index in [0.717, 1.165) is 5.56 Å². The van der Waals surface area contributed by atoms with Crippen molar-refractivity contribution >= 4 is 11.5 Å². The fourth-order valence-electron chi connectivity index (χ4n) is 3.24. The van der Waals surface area contributed by atoms with Crippen LogP contribution in [0.4, 0.5) is 5.69 Å². The van der Waals surface area contributed by atoms with E-state index in [0.29, 0.717) is 33.6 Å². The van der Waals surface area contributed by atoms with Gasteiger partial charge in [-0.15, -0.1) is 0 Å². The minimum atomic E-state index is -0.457. The van der Waals surface area contributed by atoms with Crippen molar-refractivity contribution in [2.24, 2.45) is 0 Å². The number of benzene rings is 2. The first kappa shape index (κ1) is 14.3. The van der Waals surface area contributed by atoms with Crippen LogP contribution < -0.4 is 0 Å². The van der Waals surface area contributed by atoms with Gasteiger partial charge in [0.15, 0.2) is 5.78 Å². The molecule has 0 amide bonds. The highest BCUT2D eigenvalue weighted by atomic mass is 16.6. The fraction of sp³-hybridized carbons (Fsp3) is 0.0526. The number of nitro groups is 1. The molecule has 0 saturated carbocycles. The normalized spacial score (nSPS) is 12.0. The van der Waals surface area contributed by atoms with Gasteiger partial charge in [0, 0.05) is 11.1 Å². The summed E-state index contributed by atoms with van der Waals surface area (Å²) in [6, 6.07) is 16.2. The molecule has 0 spiro atoms. The molecule has 2 aromatic carbocycles. The Morgan fingerprint density at radius 3 is 2.21 bits per heavy atom. The van der Waals surface area contributed by atoms with Crippen LogP contribution >= 0.6 is 0 Å². The number of pyridine rings is 1.